The van der Waals surface area contributed by atoms with Crippen molar-refractivity contribution in [3.05, 3.63) is 59.7 Å². The molecule has 0 fully saturated rings. The number of sulfonamides is 1. The van der Waals surface area contributed by atoms with Gasteiger partial charge in [-0.1, -0.05) is 12.1 Å². The van der Waals surface area contributed by atoms with E-state index in [0.29, 0.717) is 6.42 Å². The Bertz CT molecular complexity index is 731. The van der Waals surface area contributed by atoms with Gasteiger partial charge >= 0.3 is 0 Å². The predicted molar refractivity (Wildman–Crippen MR) is 76.1 cm³/mol. The minimum atomic E-state index is -3.80. The SMILES string of the molecule is Nc1cc(F)ccc1S(=O)(=O)NCCc1ccc(F)cc1. The first kappa shape index (κ1) is 15.4. The summed E-state index contributed by atoms with van der Waals surface area (Å²) in [6, 6.07) is 8.87. The molecule has 2 aromatic rings. The van der Waals surface area contributed by atoms with Crippen LogP contribution in [0.3, 0.4) is 0 Å². The normalized spacial score (nSPS) is 11.5. The highest BCUT2D eigenvalue weighted by Crippen LogP contribution is 2.18. The molecule has 0 saturated heterocycles. The Labute approximate surface area is 121 Å². The summed E-state index contributed by atoms with van der Waals surface area (Å²) in [5.74, 6) is -0.948. The molecule has 0 aliphatic rings. The number of benzene rings is 2. The molecular formula is C14H14F2N2O2S. The van der Waals surface area contributed by atoms with Gasteiger partial charge in [-0.3, -0.25) is 0 Å². The molecule has 0 atom stereocenters. The van der Waals surface area contributed by atoms with E-state index in [4.69, 9.17) is 5.73 Å². The third-order valence-corrected chi connectivity index (χ3v) is 4.42. The minimum Gasteiger partial charge on any atom is -0.398 e. The lowest BCUT2D eigenvalue weighted by Crippen LogP contribution is -2.26. The van der Waals surface area contributed by atoms with Gasteiger partial charge in [-0.25, -0.2) is 21.9 Å². The molecule has 0 bridgehead atoms. The number of halogens is 2. The number of rotatable bonds is 5. The van der Waals surface area contributed by atoms with Crippen LogP contribution in [-0.2, 0) is 16.4 Å². The van der Waals surface area contributed by atoms with Crippen LogP contribution in [0.1, 0.15) is 5.56 Å². The molecule has 4 nitrogen and oxygen atoms in total. The molecule has 0 unspecified atom stereocenters. The van der Waals surface area contributed by atoms with Crippen LogP contribution in [0.2, 0.25) is 0 Å². The van der Waals surface area contributed by atoms with E-state index < -0.39 is 15.8 Å². The van der Waals surface area contributed by atoms with E-state index in [9.17, 15) is 17.2 Å². The van der Waals surface area contributed by atoms with Crippen molar-refractivity contribution in [2.45, 2.75) is 11.3 Å². The summed E-state index contributed by atoms with van der Waals surface area (Å²) in [6.07, 6.45) is 0.403. The number of nitrogens with one attached hydrogen (secondary N) is 1. The zero-order valence-corrected chi connectivity index (χ0v) is 11.8. The molecular weight excluding hydrogens is 298 g/mol. The highest BCUT2D eigenvalue weighted by Gasteiger charge is 2.17. The van der Waals surface area contributed by atoms with E-state index in [-0.39, 0.29) is 22.9 Å². The van der Waals surface area contributed by atoms with Crippen molar-refractivity contribution in [1.29, 1.82) is 0 Å². The minimum absolute atomic E-state index is 0.130. The highest BCUT2D eigenvalue weighted by atomic mass is 32.2. The molecule has 0 heterocycles. The first-order chi connectivity index (χ1) is 9.88. The zero-order valence-electron chi connectivity index (χ0n) is 11.0. The van der Waals surface area contributed by atoms with Crippen molar-refractivity contribution < 1.29 is 17.2 Å². The van der Waals surface area contributed by atoms with Gasteiger partial charge in [0, 0.05) is 6.54 Å². The van der Waals surface area contributed by atoms with Crippen LogP contribution in [0, 0.1) is 11.6 Å². The first-order valence-electron chi connectivity index (χ1n) is 6.17. The van der Waals surface area contributed by atoms with Crippen LogP contribution < -0.4 is 10.5 Å². The molecule has 21 heavy (non-hydrogen) atoms. The molecule has 0 radical (unpaired) electrons. The average Bonchev–Trinajstić information content (AvgIpc) is 2.40. The maximum Gasteiger partial charge on any atom is 0.242 e. The topological polar surface area (TPSA) is 72.2 Å². The summed E-state index contributed by atoms with van der Waals surface area (Å²) >= 11 is 0. The Kier molecular flexibility index (Phi) is 4.54. The summed E-state index contributed by atoms with van der Waals surface area (Å²) in [4.78, 5) is -0.164. The Hall–Kier alpha value is -1.99. The second-order valence-corrected chi connectivity index (χ2v) is 6.19. The molecule has 2 rings (SSSR count). The Morgan fingerprint density at radius 3 is 2.24 bits per heavy atom. The molecule has 0 aromatic heterocycles. The number of hydrogen-bond donors (Lipinski definition) is 2. The summed E-state index contributed by atoms with van der Waals surface area (Å²) in [5.41, 5.74) is 6.15. The average molecular weight is 312 g/mol. The zero-order chi connectivity index (χ0) is 15.5. The Morgan fingerprint density at radius 1 is 1.00 bits per heavy atom. The summed E-state index contributed by atoms with van der Waals surface area (Å²) < 4.78 is 52.1. The van der Waals surface area contributed by atoms with Gasteiger partial charge in [-0.15, -0.1) is 0 Å². The van der Waals surface area contributed by atoms with Gasteiger partial charge in [-0.05, 0) is 42.3 Å². The van der Waals surface area contributed by atoms with Crippen molar-refractivity contribution in [1.82, 2.24) is 4.72 Å². The molecule has 0 saturated carbocycles. The maximum atomic E-state index is 12.9. The molecule has 0 aliphatic carbocycles. The lowest BCUT2D eigenvalue weighted by Gasteiger charge is -2.09. The van der Waals surface area contributed by atoms with Crippen molar-refractivity contribution in [2.75, 3.05) is 12.3 Å². The molecule has 0 aliphatic heterocycles. The van der Waals surface area contributed by atoms with Gasteiger partial charge in [0.15, 0.2) is 0 Å². The lowest BCUT2D eigenvalue weighted by molar-refractivity contribution is 0.581. The van der Waals surface area contributed by atoms with Gasteiger partial charge in [0.1, 0.15) is 16.5 Å². The first-order valence-corrected chi connectivity index (χ1v) is 7.66. The maximum absolute atomic E-state index is 12.9. The smallest absolute Gasteiger partial charge is 0.242 e. The summed E-state index contributed by atoms with van der Waals surface area (Å²) in [7, 11) is -3.80. The molecule has 2 aromatic carbocycles. The fourth-order valence-electron chi connectivity index (χ4n) is 1.82. The largest absolute Gasteiger partial charge is 0.398 e. The number of nitrogen functional groups attached to an aromatic ring is 1. The molecule has 3 N–H and O–H groups in total. The molecule has 0 amide bonds. The third kappa shape index (κ3) is 3.99. The standard InChI is InChI=1S/C14H14F2N2O2S/c15-11-3-1-10(2-4-11)7-8-18-21(19,20)14-6-5-12(16)9-13(14)17/h1-6,9,18H,7-8,17H2. The van der Waals surface area contributed by atoms with E-state index in [1.165, 1.54) is 12.1 Å². The van der Waals surface area contributed by atoms with Crippen molar-refractivity contribution in [2.24, 2.45) is 0 Å². The third-order valence-electron chi connectivity index (χ3n) is 2.88. The number of hydrogen-bond acceptors (Lipinski definition) is 3. The van der Waals surface area contributed by atoms with E-state index >= 15 is 0 Å². The number of nitrogens with two attached hydrogens (primary N) is 1. The van der Waals surface area contributed by atoms with Crippen molar-refractivity contribution >= 4 is 15.7 Å². The van der Waals surface area contributed by atoms with Crippen molar-refractivity contribution in [3.63, 3.8) is 0 Å². The predicted octanol–water partition coefficient (Wildman–Crippen LogP) is 2.07. The van der Waals surface area contributed by atoms with Crippen LogP contribution in [-0.4, -0.2) is 15.0 Å². The second kappa shape index (κ2) is 6.19. The van der Waals surface area contributed by atoms with Crippen LogP contribution in [0.5, 0.6) is 0 Å². The Balaban J connectivity index is 2.03. The van der Waals surface area contributed by atoms with Gasteiger partial charge < -0.3 is 5.73 Å². The molecule has 0 spiro atoms. The lowest BCUT2D eigenvalue weighted by atomic mass is 10.1. The van der Waals surface area contributed by atoms with Gasteiger partial charge in [0.05, 0.1) is 5.69 Å². The van der Waals surface area contributed by atoms with E-state index in [1.54, 1.807) is 12.1 Å². The van der Waals surface area contributed by atoms with E-state index in [2.05, 4.69) is 4.72 Å². The van der Waals surface area contributed by atoms with Crippen LogP contribution in [0.25, 0.3) is 0 Å². The number of anilines is 1. The van der Waals surface area contributed by atoms with Crippen LogP contribution >= 0.6 is 0 Å². The van der Waals surface area contributed by atoms with E-state index in [0.717, 1.165) is 23.8 Å². The van der Waals surface area contributed by atoms with Crippen molar-refractivity contribution in [3.8, 4) is 0 Å². The second-order valence-electron chi connectivity index (χ2n) is 4.46. The summed E-state index contributed by atoms with van der Waals surface area (Å²) in [6.45, 7) is 0.130. The van der Waals surface area contributed by atoms with E-state index in [1.807, 2.05) is 0 Å². The van der Waals surface area contributed by atoms with Crippen LogP contribution in [0.4, 0.5) is 14.5 Å². The quantitative estimate of drug-likeness (QED) is 0.830. The monoisotopic (exact) mass is 312 g/mol. The fourth-order valence-corrected chi connectivity index (χ4v) is 2.97. The van der Waals surface area contributed by atoms with Gasteiger partial charge in [0.2, 0.25) is 10.0 Å². The highest BCUT2D eigenvalue weighted by molar-refractivity contribution is 7.89. The summed E-state index contributed by atoms with van der Waals surface area (Å²) in [5, 5.41) is 0. The molecule has 112 valence electrons. The van der Waals surface area contributed by atoms with Gasteiger partial charge in [-0.2, -0.15) is 0 Å². The van der Waals surface area contributed by atoms with Crippen LogP contribution in [0.15, 0.2) is 47.4 Å². The Morgan fingerprint density at radius 2 is 1.62 bits per heavy atom. The van der Waals surface area contributed by atoms with Gasteiger partial charge in [0.25, 0.3) is 0 Å². The fraction of sp³-hybridized carbons (Fsp3) is 0.143. The molecule has 7 heteroatoms.